The molecule has 7 nitrogen and oxygen atoms in total. The van der Waals surface area contributed by atoms with Gasteiger partial charge in [-0.05, 0) is 31.4 Å². The Bertz CT molecular complexity index is 626. The van der Waals surface area contributed by atoms with E-state index in [2.05, 4.69) is 34.3 Å². The van der Waals surface area contributed by atoms with E-state index < -0.39 is 0 Å². The lowest BCUT2D eigenvalue weighted by molar-refractivity contribution is -0.142. The fraction of sp³-hybridized carbons (Fsp3) is 0.619. The van der Waals surface area contributed by atoms with E-state index in [-0.39, 0.29) is 17.9 Å². The molecule has 2 fully saturated rings. The van der Waals surface area contributed by atoms with Crippen molar-refractivity contribution in [3.8, 4) is 0 Å². The zero-order chi connectivity index (χ0) is 19.8. The Hall–Kier alpha value is -2.12. The van der Waals surface area contributed by atoms with Crippen molar-refractivity contribution in [3.63, 3.8) is 0 Å². The molecule has 1 aromatic carbocycles. The third-order valence-electron chi connectivity index (χ3n) is 5.45. The summed E-state index contributed by atoms with van der Waals surface area (Å²) in [5, 5.41) is 3.01. The monoisotopic (exact) mass is 388 g/mol. The highest BCUT2D eigenvalue weighted by Crippen LogP contribution is 2.16. The van der Waals surface area contributed by atoms with E-state index in [1.807, 2.05) is 23.1 Å². The third-order valence-corrected chi connectivity index (χ3v) is 5.45. The van der Waals surface area contributed by atoms with Crippen LogP contribution in [0.5, 0.6) is 0 Å². The number of anilines is 1. The summed E-state index contributed by atoms with van der Waals surface area (Å²) in [5.74, 6) is 0.172. The molecule has 2 aliphatic heterocycles. The molecule has 0 aromatic heterocycles. The number of ether oxygens (including phenoxy) is 1. The maximum Gasteiger partial charge on any atom is 0.251 e. The van der Waals surface area contributed by atoms with Gasteiger partial charge in [0.15, 0.2) is 0 Å². The topological polar surface area (TPSA) is 65.1 Å². The number of nitrogens with zero attached hydrogens (tertiary/aromatic N) is 3. The van der Waals surface area contributed by atoms with Crippen LogP contribution in [0.4, 0.5) is 5.69 Å². The summed E-state index contributed by atoms with van der Waals surface area (Å²) in [6.07, 6.45) is 2.46. The van der Waals surface area contributed by atoms with Crippen LogP contribution in [0.1, 0.15) is 19.3 Å². The number of hydrogen-bond donors (Lipinski definition) is 1. The molecule has 1 aromatic rings. The molecule has 2 amide bonds. The van der Waals surface area contributed by atoms with Gasteiger partial charge in [0.2, 0.25) is 5.91 Å². The van der Waals surface area contributed by atoms with Crippen LogP contribution >= 0.6 is 0 Å². The largest absolute Gasteiger partial charge is 0.375 e. The highest BCUT2D eigenvalue weighted by Gasteiger charge is 2.30. The lowest BCUT2D eigenvalue weighted by atomic mass is 10.2. The van der Waals surface area contributed by atoms with Gasteiger partial charge in [-0.1, -0.05) is 18.2 Å². The minimum absolute atomic E-state index is 0.0567. The van der Waals surface area contributed by atoms with Crippen molar-refractivity contribution in [1.82, 2.24) is 15.1 Å². The molecular formula is C21H32N4O3. The molecule has 1 unspecified atom stereocenters. The van der Waals surface area contributed by atoms with E-state index in [1.165, 1.54) is 5.69 Å². The highest BCUT2D eigenvalue weighted by atomic mass is 16.5. The molecule has 28 heavy (non-hydrogen) atoms. The van der Waals surface area contributed by atoms with Crippen LogP contribution in [0.25, 0.3) is 0 Å². The molecule has 154 valence electrons. The second-order valence-electron chi connectivity index (χ2n) is 7.56. The van der Waals surface area contributed by atoms with Crippen molar-refractivity contribution in [2.75, 3.05) is 64.4 Å². The predicted octanol–water partition coefficient (Wildman–Crippen LogP) is 0.952. The maximum atomic E-state index is 12.4. The molecule has 3 rings (SSSR count). The fourth-order valence-corrected chi connectivity index (χ4v) is 3.72. The first-order valence-electron chi connectivity index (χ1n) is 10.3. The molecule has 0 spiro atoms. The number of nitrogens with one attached hydrogen (secondary N) is 1. The van der Waals surface area contributed by atoms with E-state index >= 15 is 0 Å². The summed E-state index contributed by atoms with van der Waals surface area (Å²) >= 11 is 0. The molecular weight excluding hydrogens is 356 g/mol. The lowest BCUT2D eigenvalue weighted by Gasteiger charge is -2.35. The summed E-state index contributed by atoms with van der Waals surface area (Å²) in [6, 6.07) is 10.2. The van der Waals surface area contributed by atoms with Gasteiger partial charge >= 0.3 is 0 Å². The molecule has 1 atom stereocenters. The first-order valence-corrected chi connectivity index (χ1v) is 10.3. The average Bonchev–Trinajstić information content (AvgIpc) is 3.26. The number of piperazine rings is 1. The molecule has 7 heteroatoms. The average molecular weight is 389 g/mol. The van der Waals surface area contributed by atoms with E-state index in [0.717, 1.165) is 38.9 Å². The van der Waals surface area contributed by atoms with Crippen molar-refractivity contribution < 1.29 is 14.3 Å². The van der Waals surface area contributed by atoms with Crippen LogP contribution in [-0.2, 0) is 14.3 Å². The van der Waals surface area contributed by atoms with Gasteiger partial charge in [-0.2, -0.15) is 0 Å². The van der Waals surface area contributed by atoms with E-state index in [0.29, 0.717) is 32.8 Å². The predicted molar refractivity (Wildman–Crippen MR) is 109 cm³/mol. The Labute approximate surface area is 167 Å². The van der Waals surface area contributed by atoms with Crippen LogP contribution in [0, 0.1) is 0 Å². The molecule has 0 radical (unpaired) electrons. The minimum atomic E-state index is -0.246. The Balaban J connectivity index is 1.28. The quantitative estimate of drug-likeness (QED) is 0.672. The highest BCUT2D eigenvalue weighted by molar-refractivity contribution is 5.81. The van der Waals surface area contributed by atoms with Crippen LogP contribution in [0.3, 0.4) is 0 Å². The maximum absolute atomic E-state index is 12.4. The van der Waals surface area contributed by atoms with Crippen molar-refractivity contribution in [2.45, 2.75) is 25.4 Å². The number of carbonyl (C=O) groups is 2. The van der Waals surface area contributed by atoms with Gasteiger partial charge in [0, 0.05) is 58.6 Å². The van der Waals surface area contributed by atoms with Gasteiger partial charge in [0.05, 0.1) is 6.54 Å². The number of rotatable bonds is 8. The van der Waals surface area contributed by atoms with Gasteiger partial charge in [-0.25, -0.2) is 0 Å². The summed E-state index contributed by atoms with van der Waals surface area (Å²) in [7, 11) is 2.06. The van der Waals surface area contributed by atoms with Crippen LogP contribution in [-0.4, -0.2) is 87.2 Å². The SMILES string of the molecule is CN(CCCNC(=O)CN1CCN(C(=O)C2CCCO2)CC1)c1ccccc1. The zero-order valence-corrected chi connectivity index (χ0v) is 16.8. The van der Waals surface area contributed by atoms with Crippen LogP contribution < -0.4 is 10.2 Å². The number of amides is 2. The van der Waals surface area contributed by atoms with Gasteiger partial charge in [0.1, 0.15) is 6.10 Å². The van der Waals surface area contributed by atoms with Crippen LogP contribution in [0.15, 0.2) is 30.3 Å². The second kappa shape index (κ2) is 10.4. The van der Waals surface area contributed by atoms with Gasteiger partial charge in [-0.15, -0.1) is 0 Å². The normalized spacial score (nSPS) is 20.2. The summed E-state index contributed by atoms with van der Waals surface area (Å²) in [6.45, 7) is 5.49. The molecule has 2 saturated heterocycles. The van der Waals surface area contributed by atoms with E-state index in [9.17, 15) is 9.59 Å². The van der Waals surface area contributed by atoms with Crippen LogP contribution in [0.2, 0.25) is 0 Å². The standard InChI is InChI=1S/C21H32N4O3/c1-23(18-7-3-2-4-8-18)11-6-10-22-20(26)17-24-12-14-25(15-13-24)21(27)19-9-5-16-28-19/h2-4,7-8,19H,5-6,9-17H2,1H3,(H,22,26). The van der Waals surface area contributed by atoms with Crippen molar-refractivity contribution in [3.05, 3.63) is 30.3 Å². The summed E-state index contributed by atoms with van der Waals surface area (Å²) in [5.41, 5.74) is 1.18. The second-order valence-corrected chi connectivity index (χ2v) is 7.56. The van der Waals surface area contributed by atoms with Gasteiger partial charge in [0.25, 0.3) is 5.91 Å². The number of carbonyl (C=O) groups excluding carboxylic acids is 2. The number of benzene rings is 1. The zero-order valence-electron chi connectivity index (χ0n) is 16.8. The molecule has 0 aliphatic carbocycles. The molecule has 0 bridgehead atoms. The molecule has 1 N–H and O–H groups in total. The third kappa shape index (κ3) is 5.94. The van der Waals surface area contributed by atoms with Crippen molar-refractivity contribution >= 4 is 17.5 Å². The molecule has 2 aliphatic rings. The summed E-state index contributed by atoms with van der Waals surface area (Å²) < 4.78 is 5.49. The van der Waals surface area contributed by atoms with Crippen molar-refractivity contribution in [2.24, 2.45) is 0 Å². The molecule has 2 heterocycles. The lowest BCUT2D eigenvalue weighted by Crippen LogP contribution is -2.53. The Morgan fingerprint density at radius 3 is 2.61 bits per heavy atom. The van der Waals surface area contributed by atoms with E-state index in [1.54, 1.807) is 0 Å². The number of para-hydroxylation sites is 1. The molecule has 0 saturated carbocycles. The summed E-state index contributed by atoms with van der Waals surface area (Å²) in [4.78, 5) is 30.7. The first-order chi connectivity index (χ1) is 13.6. The first kappa shape index (κ1) is 20.6. The number of hydrogen-bond acceptors (Lipinski definition) is 5. The Kier molecular flexibility index (Phi) is 7.68. The van der Waals surface area contributed by atoms with Gasteiger partial charge < -0.3 is 19.9 Å². The van der Waals surface area contributed by atoms with E-state index in [4.69, 9.17) is 4.74 Å². The fourth-order valence-electron chi connectivity index (χ4n) is 3.72. The van der Waals surface area contributed by atoms with Gasteiger partial charge in [-0.3, -0.25) is 14.5 Å². The Morgan fingerprint density at radius 2 is 1.93 bits per heavy atom. The smallest absolute Gasteiger partial charge is 0.251 e. The van der Waals surface area contributed by atoms with Crippen molar-refractivity contribution in [1.29, 1.82) is 0 Å². The Morgan fingerprint density at radius 1 is 1.18 bits per heavy atom. The minimum Gasteiger partial charge on any atom is -0.375 e.